The van der Waals surface area contributed by atoms with Crippen molar-refractivity contribution in [2.75, 3.05) is 7.11 Å². The van der Waals surface area contributed by atoms with Gasteiger partial charge in [0.1, 0.15) is 5.75 Å². The molecule has 0 aliphatic rings. The van der Waals surface area contributed by atoms with Crippen molar-refractivity contribution in [3.63, 3.8) is 0 Å². The molecule has 0 bridgehead atoms. The molecule has 0 saturated heterocycles. The Kier molecular flexibility index (Phi) is 3.22. The first-order chi connectivity index (χ1) is 7.81. The van der Waals surface area contributed by atoms with Crippen LogP contribution in [0.2, 0.25) is 0 Å². The molecule has 1 heterocycles. The highest BCUT2D eigenvalue weighted by Crippen LogP contribution is 2.13. The number of hydrogen-bond acceptors (Lipinski definition) is 3. The minimum Gasteiger partial charge on any atom is -0.497 e. The zero-order chi connectivity index (χ0) is 11.4. The summed E-state index contributed by atoms with van der Waals surface area (Å²) in [5.74, 6) is 0.847. The maximum absolute atomic E-state index is 8.90. The Morgan fingerprint density at radius 2 is 2.31 bits per heavy atom. The lowest BCUT2D eigenvalue weighted by Gasteiger charge is -2.04. The van der Waals surface area contributed by atoms with Crippen LogP contribution >= 0.6 is 0 Å². The minimum absolute atomic E-state index is 0.0227. The maximum atomic E-state index is 8.90. The minimum atomic E-state index is -0.0227. The predicted molar refractivity (Wildman–Crippen MR) is 60.2 cm³/mol. The zero-order valence-electron chi connectivity index (χ0n) is 9.13. The predicted octanol–water partition coefficient (Wildman–Crippen LogP) is 1.43. The number of aliphatic hydroxyl groups is 1. The monoisotopic (exact) mass is 218 g/mol. The quantitative estimate of drug-likeness (QED) is 0.844. The molecule has 0 radical (unpaired) electrons. The highest BCUT2D eigenvalue weighted by Gasteiger charge is 1.99. The molecule has 2 rings (SSSR count). The van der Waals surface area contributed by atoms with Gasteiger partial charge in [0.15, 0.2) is 0 Å². The smallest absolute Gasteiger partial charge is 0.119 e. The van der Waals surface area contributed by atoms with E-state index in [4.69, 9.17) is 9.84 Å². The van der Waals surface area contributed by atoms with Gasteiger partial charge in [0.25, 0.3) is 0 Å². The van der Waals surface area contributed by atoms with Crippen molar-refractivity contribution in [3.8, 4) is 5.75 Å². The molecule has 0 spiro atoms. The topological polar surface area (TPSA) is 47.3 Å². The van der Waals surface area contributed by atoms with Gasteiger partial charge in [-0.25, -0.2) is 4.98 Å². The van der Waals surface area contributed by atoms with Crippen LogP contribution in [-0.4, -0.2) is 21.8 Å². The van der Waals surface area contributed by atoms with Gasteiger partial charge in [0, 0.05) is 12.7 Å². The normalized spacial score (nSPS) is 10.4. The summed E-state index contributed by atoms with van der Waals surface area (Å²) in [5, 5.41) is 8.90. The number of rotatable bonds is 4. The van der Waals surface area contributed by atoms with Gasteiger partial charge in [-0.1, -0.05) is 12.1 Å². The molecule has 0 atom stereocenters. The largest absolute Gasteiger partial charge is 0.497 e. The Hall–Kier alpha value is -1.81. The molecule has 0 saturated carbocycles. The van der Waals surface area contributed by atoms with Crippen molar-refractivity contribution in [2.45, 2.75) is 13.2 Å². The number of nitrogens with zero attached hydrogens (tertiary/aromatic N) is 2. The van der Waals surface area contributed by atoms with E-state index in [0.717, 1.165) is 17.9 Å². The molecule has 16 heavy (non-hydrogen) atoms. The SMILES string of the molecule is COc1cccc(Cn2cnc(CO)c2)c1. The fourth-order valence-corrected chi connectivity index (χ4v) is 1.56. The van der Waals surface area contributed by atoms with Crippen LogP contribution in [0.4, 0.5) is 0 Å². The number of methoxy groups -OCH3 is 1. The molecule has 2 aromatic rings. The molecule has 84 valence electrons. The summed E-state index contributed by atoms with van der Waals surface area (Å²) in [6.07, 6.45) is 3.55. The summed E-state index contributed by atoms with van der Waals surface area (Å²) >= 11 is 0. The summed E-state index contributed by atoms with van der Waals surface area (Å²) in [7, 11) is 1.65. The van der Waals surface area contributed by atoms with Gasteiger partial charge in [0.2, 0.25) is 0 Å². The van der Waals surface area contributed by atoms with Gasteiger partial charge in [-0.2, -0.15) is 0 Å². The van der Waals surface area contributed by atoms with Crippen LogP contribution in [0, 0.1) is 0 Å². The first kappa shape index (κ1) is 10.7. The fraction of sp³-hybridized carbons (Fsp3) is 0.250. The number of ether oxygens (including phenoxy) is 1. The van der Waals surface area contributed by atoms with Crippen LogP contribution in [0.5, 0.6) is 5.75 Å². The van der Waals surface area contributed by atoms with Crippen LogP contribution in [0.1, 0.15) is 11.3 Å². The lowest BCUT2D eigenvalue weighted by Crippen LogP contribution is -1.96. The summed E-state index contributed by atoms with van der Waals surface area (Å²) < 4.78 is 7.08. The number of imidazole rings is 1. The van der Waals surface area contributed by atoms with Crippen molar-refractivity contribution in [2.24, 2.45) is 0 Å². The van der Waals surface area contributed by atoms with E-state index in [1.165, 1.54) is 0 Å². The van der Waals surface area contributed by atoms with Crippen molar-refractivity contribution in [1.82, 2.24) is 9.55 Å². The molecule has 0 amide bonds. The highest BCUT2D eigenvalue weighted by atomic mass is 16.5. The van der Waals surface area contributed by atoms with Gasteiger partial charge in [-0.15, -0.1) is 0 Å². The second-order valence-corrected chi connectivity index (χ2v) is 3.55. The maximum Gasteiger partial charge on any atom is 0.119 e. The molecular weight excluding hydrogens is 204 g/mol. The fourth-order valence-electron chi connectivity index (χ4n) is 1.56. The number of benzene rings is 1. The highest BCUT2D eigenvalue weighted by molar-refractivity contribution is 5.28. The van der Waals surface area contributed by atoms with Crippen LogP contribution in [0.15, 0.2) is 36.8 Å². The van der Waals surface area contributed by atoms with E-state index in [1.807, 2.05) is 35.0 Å². The molecule has 0 unspecified atom stereocenters. The van der Waals surface area contributed by atoms with Gasteiger partial charge in [0.05, 0.1) is 25.7 Å². The third-order valence-electron chi connectivity index (χ3n) is 2.35. The average Bonchev–Trinajstić information content (AvgIpc) is 2.77. The van der Waals surface area contributed by atoms with Gasteiger partial charge < -0.3 is 14.4 Å². The van der Waals surface area contributed by atoms with E-state index in [2.05, 4.69) is 4.98 Å². The summed E-state index contributed by atoms with van der Waals surface area (Å²) in [6, 6.07) is 7.88. The van der Waals surface area contributed by atoms with E-state index in [-0.39, 0.29) is 6.61 Å². The van der Waals surface area contributed by atoms with E-state index in [1.54, 1.807) is 13.4 Å². The summed E-state index contributed by atoms with van der Waals surface area (Å²) in [5.41, 5.74) is 1.82. The van der Waals surface area contributed by atoms with E-state index < -0.39 is 0 Å². The van der Waals surface area contributed by atoms with Crippen LogP contribution < -0.4 is 4.74 Å². The Morgan fingerprint density at radius 1 is 1.44 bits per heavy atom. The second kappa shape index (κ2) is 4.81. The lowest BCUT2D eigenvalue weighted by atomic mass is 10.2. The molecule has 4 heteroatoms. The number of aliphatic hydroxyl groups excluding tert-OH is 1. The lowest BCUT2D eigenvalue weighted by molar-refractivity contribution is 0.277. The Morgan fingerprint density at radius 3 is 3.00 bits per heavy atom. The Labute approximate surface area is 94.1 Å². The standard InChI is InChI=1S/C12H14N2O2/c1-16-12-4-2-3-10(5-12)6-14-7-11(8-15)13-9-14/h2-5,7,9,15H,6,8H2,1H3. The summed E-state index contributed by atoms with van der Waals surface area (Å²) in [6.45, 7) is 0.704. The molecule has 1 aromatic heterocycles. The molecule has 1 N–H and O–H groups in total. The van der Waals surface area contributed by atoms with E-state index in [9.17, 15) is 0 Å². The molecule has 0 aliphatic heterocycles. The third-order valence-corrected chi connectivity index (χ3v) is 2.35. The van der Waals surface area contributed by atoms with Crippen LogP contribution in [0.3, 0.4) is 0 Å². The van der Waals surface area contributed by atoms with Crippen molar-refractivity contribution in [1.29, 1.82) is 0 Å². The Balaban J connectivity index is 2.13. The third kappa shape index (κ3) is 2.41. The molecule has 0 fully saturated rings. The van der Waals surface area contributed by atoms with Crippen molar-refractivity contribution < 1.29 is 9.84 Å². The number of hydrogen-bond donors (Lipinski definition) is 1. The molecule has 4 nitrogen and oxygen atoms in total. The Bertz CT molecular complexity index is 466. The van der Waals surface area contributed by atoms with E-state index >= 15 is 0 Å². The zero-order valence-corrected chi connectivity index (χ0v) is 9.13. The van der Waals surface area contributed by atoms with Crippen molar-refractivity contribution >= 4 is 0 Å². The molecular formula is C12H14N2O2. The van der Waals surface area contributed by atoms with Gasteiger partial charge >= 0.3 is 0 Å². The van der Waals surface area contributed by atoms with Crippen LogP contribution in [-0.2, 0) is 13.2 Å². The summed E-state index contributed by atoms with van der Waals surface area (Å²) in [4.78, 5) is 4.06. The molecule has 0 aliphatic carbocycles. The van der Waals surface area contributed by atoms with Crippen molar-refractivity contribution in [3.05, 3.63) is 48.0 Å². The second-order valence-electron chi connectivity index (χ2n) is 3.55. The average molecular weight is 218 g/mol. The number of aromatic nitrogens is 2. The first-order valence-corrected chi connectivity index (χ1v) is 5.06. The first-order valence-electron chi connectivity index (χ1n) is 5.06. The molecule has 1 aromatic carbocycles. The van der Waals surface area contributed by atoms with E-state index in [0.29, 0.717) is 5.69 Å². The van der Waals surface area contributed by atoms with Gasteiger partial charge in [-0.05, 0) is 17.7 Å². The van der Waals surface area contributed by atoms with Gasteiger partial charge in [-0.3, -0.25) is 0 Å². The van der Waals surface area contributed by atoms with Crippen LogP contribution in [0.25, 0.3) is 0 Å².